The van der Waals surface area contributed by atoms with Crippen molar-refractivity contribution in [2.24, 2.45) is 11.8 Å². The summed E-state index contributed by atoms with van der Waals surface area (Å²) in [7, 11) is 1.20. The third-order valence-corrected chi connectivity index (χ3v) is 6.39. The number of quaternary nitrogens is 1. The molecule has 0 aromatic rings. The zero-order chi connectivity index (χ0) is 28.0. The number of methoxy groups -OCH3 is 1. The molecule has 0 aliphatic carbocycles. The fourth-order valence-corrected chi connectivity index (χ4v) is 4.34. The van der Waals surface area contributed by atoms with E-state index < -0.39 is 67.4 Å². The molecular formula is C25H33NO12. The Morgan fingerprint density at radius 3 is 2.53 bits per heavy atom. The SMILES string of the molecule is C=C[C@H]1[C@H](O[C@@H]2O[C@H](CO)[C@@H](O)[C@H](O)[C@H]2O)OC=C(C(=O)OC)[C@@H]1/C=C/C1=C[NH+](CCO)[CH-]C(C(=O)O)=C1. The second kappa shape index (κ2) is 13.2. The van der Waals surface area contributed by atoms with E-state index in [0.29, 0.717) is 10.5 Å². The fraction of sp³-hybridized carbons (Fsp3) is 0.480. The number of aliphatic hydroxyl groups excluding tert-OH is 5. The van der Waals surface area contributed by atoms with Gasteiger partial charge >= 0.3 is 5.97 Å². The Hall–Kier alpha value is -3.01. The predicted octanol–water partition coefficient (Wildman–Crippen LogP) is -2.86. The number of carbonyl (C=O) groups excluding carboxylic acids is 1. The van der Waals surface area contributed by atoms with E-state index in [4.69, 9.17) is 18.9 Å². The number of nitrogens with one attached hydrogen (secondary N) is 1. The molecule has 0 bridgehead atoms. The van der Waals surface area contributed by atoms with Gasteiger partial charge in [-0.1, -0.05) is 23.8 Å². The molecule has 13 nitrogen and oxygen atoms in total. The van der Waals surface area contributed by atoms with Gasteiger partial charge in [0.2, 0.25) is 12.3 Å². The molecule has 38 heavy (non-hydrogen) atoms. The summed E-state index contributed by atoms with van der Waals surface area (Å²) in [5.74, 6) is -3.36. The minimum atomic E-state index is -1.68. The maximum absolute atomic E-state index is 12.5. The van der Waals surface area contributed by atoms with E-state index in [0.717, 1.165) is 6.26 Å². The number of hydrogen-bond acceptors (Lipinski definition) is 11. The van der Waals surface area contributed by atoms with Crippen LogP contribution in [-0.2, 0) is 28.5 Å². The van der Waals surface area contributed by atoms with Crippen molar-refractivity contribution in [3.8, 4) is 0 Å². The Labute approximate surface area is 218 Å². The van der Waals surface area contributed by atoms with E-state index in [-0.39, 0.29) is 24.3 Å². The van der Waals surface area contributed by atoms with Crippen molar-refractivity contribution in [3.63, 3.8) is 0 Å². The number of esters is 1. The Morgan fingerprint density at radius 1 is 1.18 bits per heavy atom. The van der Waals surface area contributed by atoms with Crippen molar-refractivity contribution in [1.82, 2.24) is 0 Å². The lowest BCUT2D eigenvalue weighted by atomic mass is 9.83. The summed E-state index contributed by atoms with van der Waals surface area (Å²) in [5.41, 5.74) is 0.626. The van der Waals surface area contributed by atoms with Crippen molar-refractivity contribution >= 4 is 11.9 Å². The van der Waals surface area contributed by atoms with Crippen LogP contribution < -0.4 is 4.90 Å². The van der Waals surface area contributed by atoms with Crippen LogP contribution in [0.5, 0.6) is 0 Å². The molecule has 7 N–H and O–H groups in total. The van der Waals surface area contributed by atoms with Gasteiger partial charge in [0.15, 0.2) is 6.29 Å². The van der Waals surface area contributed by atoms with E-state index >= 15 is 0 Å². The first-order valence-corrected chi connectivity index (χ1v) is 11.8. The van der Waals surface area contributed by atoms with E-state index in [1.54, 1.807) is 18.4 Å². The molecule has 0 amide bonds. The average molecular weight is 540 g/mol. The molecule has 210 valence electrons. The molecule has 3 heterocycles. The highest BCUT2D eigenvalue weighted by molar-refractivity contribution is 5.90. The van der Waals surface area contributed by atoms with Gasteiger partial charge in [0.05, 0.1) is 50.8 Å². The van der Waals surface area contributed by atoms with Crippen LogP contribution in [0.2, 0.25) is 0 Å². The Bertz CT molecular complexity index is 1000. The van der Waals surface area contributed by atoms with Crippen molar-refractivity contribution in [2.45, 2.75) is 37.0 Å². The number of aliphatic carboxylic acids is 1. The lowest BCUT2D eigenvalue weighted by Crippen LogP contribution is -3.06. The maximum Gasteiger partial charge on any atom is 0.337 e. The van der Waals surface area contributed by atoms with Crippen LogP contribution >= 0.6 is 0 Å². The highest BCUT2D eigenvalue weighted by atomic mass is 16.8. The Kier molecular flexibility index (Phi) is 10.2. The van der Waals surface area contributed by atoms with Gasteiger partial charge in [0.1, 0.15) is 24.4 Å². The number of hydrogen-bond donors (Lipinski definition) is 7. The minimum Gasteiger partial charge on any atom is -0.535 e. The van der Waals surface area contributed by atoms with Crippen molar-refractivity contribution in [1.29, 1.82) is 0 Å². The zero-order valence-corrected chi connectivity index (χ0v) is 20.6. The molecular weight excluding hydrogens is 506 g/mol. The summed E-state index contributed by atoms with van der Waals surface area (Å²) in [6.07, 6.45) is 0.130. The lowest BCUT2D eigenvalue weighted by molar-refractivity contribution is -0.812. The van der Waals surface area contributed by atoms with E-state index in [1.165, 1.54) is 25.8 Å². The van der Waals surface area contributed by atoms with Crippen molar-refractivity contribution in [2.75, 3.05) is 26.9 Å². The summed E-state index contributed by atoms with van der Waals surface area (Å²) in [5, 5.41) is 58.6. The molecule has 0 aromatic heterocycles. The molecule has 1 saturated heterocycles. The highest BCUT2D eigenvalue weighted by Gasteiger charge is 2.47. The molecule has 0 saturated carbocycles. The molecule has 9 atom stereocenters. The second-order valence-electron chi connectivity index (χ2n) is 8.84. The van der Waals surface area contributed by atoms with Gasteiger partial charge in [-0.25, -0.2) is 4.79 Å². The van der Waals surface area contributed by atoms with Crippen LogP contribution in [0.25, 0.3) is 0 Å². The van der Waals surface area contributed by atoms with Gasteiger partial charge in [-0.2, -0.15) is 0 Å². The standard InChI is InChI=1S/C25H33NO12/c1-3-15-16(5-4-13-8-14(22(32)33)10-26(9-13)6-7-27)17(23(34)35-2)12-36-24(15)38-25-21(31)20(30)19(29)18(11-28)37-25/h3-5,8-10,12,15-16,18-21,24-31H,1,6-7,11H2,2H3,(H,32,33)/b5-4+/t15-,16-,18-,19-,20+,21-,24+,25+/m1/s1. The third-order valence-electron chi connectivity index (χ3n) is 6.39. The summed E-state index contributed by atoms with van der Waals surface area (Å²) in [6.45, 7) is 4.68. The van der Waals surface area contributed by atoms with Crippen LogP contribution in [0, 0.1) is 18.4 Å². The smallest absolute Gasteiger partial charge is 0.337 e. The quantitative estimate of drug-likeness (QED) is 0.0853. The number of ether oxygens (including phenoxy) is 4. The summed E-state index contributed by atoms with van der Waals surface area (Å²) in [6, 6.07) is 0. The van der Waals surface area contributed by atoms with Crippen LogP contribution in [0.1, 0.15) is 0 Å². The van der Waals surface area contributed by atoms with Gasteiger partial charge in [-0.15, -0.1) is 12.7 Å². The predicted molar refractivity (Wildman–Crippen MR) is 127 cm³/mol. The normalized spacial score (nSPS) is 35.3. The van der Waals surface area contributed by atoms with Crippen LogP contribution in [-0.4, -0.2) is 106 Å². The Balaban J connectivity index is 1.90. The topological polar surface area (TPSA) is 197 Å². The van der Waals surface area contributed by atoms with Crippen molar-refractivity contribution < 1.29 is 64.1 Å². The molecule has 1 fully saturated rings. The summed E-state index contributed by atoms with van der Waals surface area (Å²) < 4.78 is 21.6. The maximum atomic E-state index is 12.5. The molecule has 3 aliphatic rings. The second-order valence-corrected chi connectivity index (χ2v) is 8.84. The molecule has 3 rings (SSSR count). The Morgan fingerprint density at radius 2 is 1.92 bits per heavy atom. The third kappa shape index (κ3) is 6.51. The van der Waals surface area contributed by atoms with Crippen LogP contribution in [0.15, 0.2) is 60.1 Å². The van der Waals surface area contributed by atoms with E-state index in [9.17, 15) is 40.2 Å². The molecule has 13 heteroatoms. The fourth-order valence-electron chi connectivity index (χ4n) is 4.34. The van der Waals surface area contributed by atoms with Crippen LogP contribution in [0.4, 0.5) is 0 Å². The monoisotopic (exact) mass is 539 g/mol. The number of aliphatic hydroxyl groups is 5. The molecule has 0 spiro atoms. The average Bonchev–Trinajstić information content (AvgIpc) is 2.91. The van der Waals surface area contributed by atoms with Gasteiger partial charge in [0, 0.05) is 12.5 Å². The first kappa shape index (κ1) is 29.5. The molecule has 0 radical (unpaired) electrons. The minimum absolute atomic E-state index is 0.0235. The first-order valence-electron chi connectivity index (χ1n) is 11.8. The van der Waals surface area contributed by atoms with Gasteiger partial charge in [-0.05, 0) is 5.57 Å². The zero-order valence-electron chi connectivity index (χ0n) is 20.6. The number of carboxylic acids is 1. The first-order chi connectivity index (χ1) is 18.1. The largest absolute Gasteiger partial charge is 0.535 e. The summed E-state index contributed by atoms with van der Waals surface area (Å²) in [4.78, 5) is 24.7. The van der Waals surface area contributed by atoms with Crippen molar-refractivity contribution in [3.05, 3.63) is 66.6 Å². The summed E-state index contributed by atoms with van der Waals surface area (Å²) >= 11 is 0. The molecule has 0 aromatic carbocycles. The van der Waals surface area contributed by atoms with Crippen LogP contribution in [0.3, 0.4) is 0 Å². The van der Waals surface area contributed by atoms with E-state index in [1.807, 2.05) is 0 Å². The lowest BCUT2D eigenvalue weighted by Gasteiger charge is -2.42. The number of carbonyl (C=O) groups is 2. The number of allylic oxidation sites excluding steroid dienone is 4. The number of rotatable bonds is 10. The van der Waals surface area contributed by atoms with Gasteiger partial charge in [0.25, 0.3) is 0 Å². The molecule has 1 unspecified atom stereocenters. The number of carboxylic acid groups (broad SMARTS) is 1. The highest BCUT2D eigenvalue weighted by Crippen LogP contribution is 2.36. The molecule has 3 aliphatic heterocycles. The van der Waals surface area contributed by atoms with Gasteiger partial charge < -0.3 is 59.3 Å². The van der Waals surface area contributed by atoms with E-state index in [2.05, 4.69) is 6.58 Å². The van der Waals surface area contributed by atoms with Gasteiger partial charge in [-0.3, -0.25) is 0 Å².